The minimum Gasteiger partial charge on any atom is -0.317 e. The van der Waals surface area contributed by atoms with Gasteiger partial charge in [0, 0.05) is 18.9 Å². The van der Waals surface area contributed by atoms with Gasteiger partial charge in [-0.1, -0.05) is 0 Å². The summed E-state index contributed by atoms with van der Waals surface area (Å²) in [7, 11) is 0. The molecule has 1 saturated heterocycles. The summed E-state index contributed by atoms with van der Waals surface area (Å²) in [5.41, 5.74) is 0.713. The zero-order chi connectivity index (χ0) is 11.7. The average molecular weight is 232 g/mol. The van der Waals surface area contributed by atoms with Gasteiger partial charge in [0.15, 0.2) is 0 Å². The number of nitrogens with one attached hydrogen (secondary N) is 1. The fourth-order valence-corrected chi connectivity index (χ4v) is 2.45. The molecule has 2 aromatic rings. The zero-order valence-electron chi connectivity index (χ0n) is 9.67. The van der Waals surface area contributed by atoms with Crippen LogP contribution in [-0.4, -0.2) is 27.3 Å². The molecule has 0 aliphatic carbocycles. The summed E-state index contributed by atoms with van der Waals surface area (Å²) in [5, 5.41) is 7.40. The van der Waals surface area contributed by atoms with Crippen LogP contribution < -0.4 is 10.9 Å². The average Bonchev–Trinajstić information content (AvgIpc) is 2.83. The highest BCUT2D eigenvalue weighted by Gasteiger charge is 2.14. The van der Waals surface area contributed by atoms with Crippen LogP contribution in [0, 0.1) is 5.92 Å². The molecule has 2 aromatic heterocycles. The molecular weight excluding hydrogens is 216 g/mol. The van der Waals surface area contributed by atoms with Gasteiger partial charge in [0.1, 0.15) is 5.52 Å². The van der Waals surface area contributed by atoms with Gasteiger partial charge in [-0.3, -0.25) is 4.79 Å². The number of piperidine rings is 1. The van der Waals surface area contributed by atoms with Crippen LogP contribution in [0.1, 0.15) is 12.8 Å². The number of aromatic nitrogens is 3. The monoisotopic (exact) mass is 232 g/mol. The molecule has 1 fully saturated rings. The van der Waals surface area contributed by atoms with Crippen molar-refractivity contribution in [1.29, 1.82) is 0 Å². The summed E-state index contributed by atoms with van der Waals surface area (Å²) >= 11 is 0. The highest BCUT2D eigenvalue weighted by molar-refractivity contribution is 5.42. The Labute approximate surface area is 99.1 Å². The Morgan fingerprint density at radius 3 is 3.00 bits per heavy atom. The molecule has 90 valence electrons. The third-order valence-electron chi connectivity index (χ3n) is 3.45. The molecule has 1 aliphatic rings. The quantitative estimate of drug-likeness (QED) is 0.820. The Hall–Kier alpha value is -1.62. The Morgan fingerprint density at radius 1 is 1.35 bits per heavy atom. The second-order valence-electron chi connectivity index (χ2n) is 4.61. The lowest BCUT2D eigenvalue weighted by Gasteiger charge is -2.23. The number of hydrogen-bond acceptors (Lipinski definition) is 3. The first-order valence-corrected chi connectivity index (χ1v) is 6.08. The van der Waals surface area contributed by atoms with Gasteiger partial charge in [0.25, 0.3) is 5.56 Å². The van der Waals surface area contributed by atoms with Crippen molar-refractivity contribution >= 4 is 5.52 Å². The molecule has 0 atom stereocenters. The zero-order valence-corrected chi connectivity index (χ0v) is 9.67. The highest BCUT2D eigenvalue weighted by atomic mass is 16.1. The van der Waals surface area contributed by atoms with Gasteiger partial charge >= 0.3 is 0 Å². The van der Waals surface area contributed by atoms with E-state index in [4.69, 9.17) is 0 Å². The number of nitrogens with zero attached hydrogens (tertiary/aromatic N) is 3. The van der Waals surface area contributed by atoms with E-state index in [1.807, 2.05) is 17.0 Å². The highest BCUT2D eigenvalue weighted by Crippen LogP contribution is 2.13. The van der Waals surface area contributed by atoms with Crippen LogP contribution >= 0.6 is 0 Å². The Morgan fingerprint density at radius 2 is 2.18 bits per heavy atom. The number of fused-ring (bicyclic) bond motifs is 1. The van der Waals surface area contributed by atoms with Crippen molar-refractivity contribution in [3.05, 3.63) is 35.0 Å². The van der Waals surface area contributed by atoms with Crippen LogP contribution in [0.2, 0.25) is 0 Å². The maximum atomic E-state index is 12.1. The van der Waals surface area contributed by atoms with Gasteiger partial charge in [-0.2, -0.15) is 5.10 Å². The summed E-state index contributed by atoms with van der Waals surface area (Å²) < 4.78 is 3.44. The van der Waals surface area contributed by atoms with Crippen molar-refractivity contribution in [1.82, 2.24) is 19.5 Å². The largest absolute Gasteiger partial charge is 0.317 e. The second kappa shape index (κ2) is 4.33. The molecule has 1 aliphatic heterocycles. The van der Waals surface area contributed by atoms with E-state index in [1.54, 1.807) is 16.8 Å². The van der Waals surface area contributed by atoms with Gasteiger partial charge in [-0.25, -0.2) is 4.52 Å². The lowest BCUT2D eigenvalue weighted by Crippen LogP contribution is -2.32. The lowest BCUT2D eigenvalue weighted by molar-refractivity contribution is 0.330. The van der Waals surface area contributed by atoms with Crippen molar-refractivity contribution in [3.63, 3.8) is 0 Å². The van der Waals surface area contributed by atoms with Gasteiger partial charge in [-0.05, 0) is 37.9 Å². The molecule has 0 spiro atoms. The van der Waals surface area contributed by atoms with E-state index >= 15 is 0 Å². The van der Waals surface area contributed by atoms with Crippen LogP contribution in [0.3, 0.4) is 0 Å². The molecule has 0 bridgehead atoms. The summed E-state index contributed by atoms with van der Waals surface area (Å²) in [6.07, 6.45) is 7.64. The summed E-state index contributed by atoms with van der Waals surface area (Å²) in [6, 6.07) is 1.77. The molecule has 17 heavy (non-hydrogen) atoms. The maximum Gasteiger partial charge on any atom is 0.276 e. The van der Waals surface area contributed by atoms with Crippen molar-refractivity contribution in [2.75, 3.05) is 13.1 Å². The van der Waals surface area contributed by atoms with Crippen LogP contribution in [-0.2, 0) is 6.54 Å². The number of rotatable bonds is 2. The van der Waals surface area contributed by atoms with Crippen molar-refractivity contribution < 1.29 is 0 Å². The summed E-state index contributed by atoms with van der Waals surface area (Å²) in [4.78, 5) is 12.1. The van der Waals surface area contributed by atoms with Gasteiger partial charge < -0.3 is 9.88 Å². The van der Waals surface area contributed by atoms with Crippen LogP contribution in [0.25, 0.3) is 5.52 Å². The molecule has 3 rings (SSSR count). The molecule has 0 saturated carbocycles. The van der Waals surface area contributed by atoms with Crippen molar-refractivity contribution in [3.8, 4) is 0 Å². The smallest absolute Gasteiger partial charge is 0.276 e. The van der Waals surface area contributed by atoms with E-state index in [1.165, 1.54) is 0 Å². The van der Waals surface area contributed by atoms with Gasteiger partial charge in [-0.15, -0.1) is 0 Å². The predicted octanol–water partition coefficient (Wildman–Crippen LogP) is 0.496. The van der Waals surface area contributed by atoms with E-state index < -0.39 is 0 Å². The molecule has 0 unspecified atom stereocenters. The third-order valence-corrected chi connectivity index (χ3v) is 3.45. The fourth-order valence-electron chi connectivity index (χ4n) is 2.45. The first-order valence-electron chi connectivity index (χ1n) is 6.08. The third kappa shape index (κ3) is 1.98. The topological polar surface area (TPSA) is 51.3 Å². The Kier molecular flexibility index (Phi) is 2.68. The molecule has 0 aromatic carbocycles. The lowest BCUT2D eigenvalue weighted by atomic mass is 9.98. The molecule has 0 amide bonds. The normalized spacial score (nSPS) is 17.6. The fraction of sp³-hybridized carbons (Fsp3) is 0.500. The Bertz CT molecular complexity index is 565. The first kappa shape index (κ1) is 10.5. The van der Waals surface area contributed by atoms with Crippen LogP contribution in [0.4, 0.5) is 0 Å². The molecule has 5 nitrogen and oxygen atoms in total. The van der Waals surface area contributed by atoms with E-state index in [0.717, 1.165) is 32.5 Å². The van der Waals surface area contributed by atoms with Gasteiger partial charge in [0.2, 0.25) is 0 Å². The van der Waals surface area contributed by atoms with Crippen molar-refractivity contribution in [2.24, 2.45) is 5.92 Å². The molecular formula is C12H16N4O. The standard InChI is InChI=1S/C12H16N4O/c17-12-11-3-6-14-16(11)8-7-15(12)9-10-1-4-13-5-2-10/h3,6-8,10,13H,1-2,4-5,9H2. The first-order chi connectivity index (χ1) is 8.34. The minimum absolute atomic E-state index is 0.0588. The summed E-state index contributed by atoms with van der Waals surface area (Å²) in [6.45, 7) is 2.95. The van der Waals surface area contributed by atoms with E-state index in [2.05, 4.69) is 10.4 Å². The molecule has 3 heterocycles. The molecule has 1 N–H and O–H groups in total. The van der Waals surface area contributed by atoms with E-state index in [0.29, 0.717) is 11.4 Å². The van der Waals surface area contributed by atoms with E-state index in [9.17, 15) is 4.79 Å². The SMILES string of the molecule is O=c1c2ccnn2ccn1CC1CCNCC1. The van der Waals surface area contributed by atoms with Gasteiger partial charge in [0.05, 0.1) is 6.20 Å². The number of hydrogen-bond donors (Lipinski definition) is 1. The predicted molar refractivity (Wildman–Crippen MR) is 65.0 cm³/mol. The minimum atomic E-state index is 0.0588. The van der Waals surface area contributed by atoms with Crippen LogP contribution in [0.15, 0.2) is 29.5 Å². The van der Waals surface area contributed by atoms with E-state index in [-0.39, 0.29) is 5.56 Å². The van der Waals surface area contributed by atoms with Crippen molar-refractivity contribution in [2.45, 2.75) is 19.4 Å². The summed E-state index contributed by atoms with van der Waals surface area (Å²) in [5.74, 6) is 0.610. The Balaban J connectivity index is 1.89. The van der Waals surface area contributed by atoms with Crippen LogP contribution in [0.5, 0.6) is 0 Å². The second-order valence-corrected chi connectivity index (χ2v) is 4.61. The molecule has 5 heteroatoms. The maximum absolute atomic E-state index is 12.1. The molecule has 0 radical (unpaired) electrons.